The number of hydrogen-bond donors (Lipinski definition) is 3. The van der Waals surface area contributed by atoms with E-state index in [0.29, 0.717) is 11.7 Å². The van der Waals surface area contributed by atoms with Crippen molar-refractivity contribution in [2.45, 2.75) is 43.0 Å². The van der Waals surface area contributed by atoms with Crippen molar-refractivity contribution in [1.82, 2.24) is 4.72 Å². The van der Waals surface area contributed by atoms with Crippen LogP contribution in [0.4, 0.5) is 11.4 Å². The minimum Gasteiger partial charge on any atom is -0.381 e. The Morgan fingerprint density at radius 3 is 2.52 bits per heavy atom. The molecule has 1 aliphatic carbocycles. The number of amides is 1. The first-order valence-corrected chi connectivity index (χ1v) is 9.22. The van der Waals surface area contributed by atoms with Gasteiger partial charge in [-0.2, -0.15) is 0 Å². The Hall–Kier alpha value is -1.86. The van der Waals surface area contributed by atoms with E-state index in [1.54, 1.807) is 6.07 Å². The van der Waals surface area contributed by atoms with Gasteiger partial charge in [-0.05, 0) is 44.2 Å². The lowest BCUT2D eigenvalue weighted by Gasteiger charge is -2.25. The van der Waals surface area contributed by atoms with Gasteiger partial charge < -0.3 is 10.6 Å². The van der Waals surface area contributed by atoms with E-state index in [-0.39, 0.29) is 10.8 Å². The van der Waals surface area contributed by atoms with Gasteiger partial charge in [0, 0.05) is 6.04 Å². The molecule has 0 spiro atoms. The number of carbonyl (C=O) groups is 1. The Morgan fingerprint density at radius 1 is 1.22 bits per heavy atom. The fourth-order valence-corrected chi connectivity index (χ4v) is 3.44. The van der Waals surface area contributed by atoms with Crippen LogP contribution in [0.1, 0.15) is 32.1 Å². The first kappa shape index (κ1) is 17.5. The third-order valence-electron chi connectivity index (χ3n) is 3.98. The molecule has 0 aromatic heterocycles. The number of hydrogen-bond acceptors (Lipinski definition) is 4. The number of nitrogens with one attached hydrogen (secondary N) is 3. The molecule has 1 amide bonds. The summed E-state index contributed by atoms with van der Waals surface area (Å²) in [4.78, 5) is 11.7. The molecule has 0 aliphatic heterocycles. The summed E-state index contributed by atoms with van der Waals surface area (Å²) < 4.78 is 26.2. The van der Waals surface area contributed by atoms with Crippen molar-refractivity contribution < 1.29 is 13.2 Å². The van der Waals surface area contributed by atoms with Crippen molar-refractivity contribution in [3.8, 4) is 0 Å². The Morgan fingerprint density at radius 2 is 1.91 bits per heavy atom. The van der Waals surface area contributed by atoms with Crippen molar-refractivity contribution in [3.05, 3.63) is 30.9 Å². The van der Waals surface area contributed by atoms with Crippen LogP contribution in [0.3, 0.4) is 0 Å². The quantitative estimate of drug-likeness (QED) is 0.696. The summed E-state index contributed by atoms with van der Waals surface area (Å²) in [5.41, 5.74) is 1.17. The molecule has 6 nitrogen and oxygen atoms in total. The highest BCUT2D eigenvalue weighted by Gasteiger charge is 2.18. The zero-order valence-corrected chi connectivity index (χ0v) is 14.1. The lowest BCUT2D eigenvalue weighted by Crippen LogP contribution is -2.24. The Labute approximate surface area is 137 Å². The molecule has 1 aromatic rings. The Balaban J connectivity index is 2.31. The fraction of sp³-hybridized carbons (Fsp3) is 0.438. The fourth-order valence-electron chi connectivity index (χ4n) is 2.69. The average Bonchev–Trinajstić information content (AvgIpc) is 2.57. The minimum absolute atomic E-state index is 0.105. The van der Waals surface area contributed by atoms with Crippen LogP contribution < -0.4 is 15.4 Å². The third-order valence-corrected chi connectivity index (χ3v) is 5.39. The molecule has 0 atom stereocenters. The normalized spacial score (nSPS) is 15.9. The molecule has 126 valence electrons. The molecule has 0 saturated heterocycles. The van der Waals surface area contributed by atoms with E-state index in [0.717, 1.165) is 24.6 Å². The van der Waals surface area contributed by atoms with Crippen LogP contribution in [0.15, 0.2) is 35.7 Å². The van der Waals surface area contributed by atoms with Crippen LogP contribution in [-0.4, -0.2) is 27.4 Å². The molecule has 2 rings (SSSR count). The minimum atomic E-state index is -3.57. The molecule has 1 saturated carbocycles. The summed E-state index contributed by atoms with van der Waals surface area (Å²) in [5, 5.41) is 6.09. The summed E-state index contributed by atoms with van der Waals surface area (Å²) in [6.07, 6.45) is 6.91. The van der Waals surface area contributed by atoms with Gasteiger partial charge in [0.15, 0.2) is 0 Å². The SMILES string of the molecule is C=CC(=O)Nc1cc(S(=O)(=O)NC)ccc1NC1CCCCC1. The molecule has 0 unspecified atom stereocenters. The molecule has 23 heavy (non-hydrogen) atoms. The lowest BCUT2D eigenvalue weighted by molar-refractivity contribution is -0.111. The van der Waals surface area contributed by atoms with Gasteiger partial charge in [0.1, 0.15) is 0 Å². The molecule has 1 aliphatic rings. The predicted octanol–water partition coefficient (Wildman–Crippen LogP) is 2.46. The van der Waals surface area contributed by atoms with Gasteiger partial charge in [-0.3, -0.25) is 4.79 Å². The number of benzene rings is 1. The number of sulfonamides is 1. The highest BCUT2D eigenvalue weighted by molar-refractivity contribution is 7.89. The third kappa shape index (κ3) is 4.56. The van der Waals surface area contributed by atoms with E-state index in [2.05, 4.69) is 21.9 Å². The maximum atomic E-state index is 11.9. The maximum absolute atomic E-state index is 11.9. The first-order chi connectivity index (χ1) is 11.0. The van der Waals surface area contributed by atoms with Crippen molar-refractivity contribution >= 4 is 27.3 Å². The molecule has 0 heterocycles. The molecule has 0 radical (unpaired) electrons. The summed E-state index contributed by atoms with van der Waals surface area (Å²) in [6, 6.07) is 5.02. The van der Waals surface area contributed by atoms with Gasteiger partial charge in [0.05, 0.1) is 16.3 Å². The van der Waals surface area contributed by atoms with Crippen LogP contribution in [0.2, 0.25) is 0 Å². The monoisotopic (exact) mass is 337 g/mol. The van der Waals surface area contributed by atoms with E-state index in [1.165, 1.54) is 38.4 Å². The standard InChI is InChI=1S/C16H23N3O3S/c1-3-16(20)19-15-11-13(23(21,22)17-2)9-10-14(15)18-12-7-5-4-6-8-12/h3,9-12,17-18H,1,4-8H2,2H3,(H,19,20). The summed E-state index contributed by atoms with van der Waals surface area (Å²) in [7, 11) is -2.22. The topological polar surface area (TPSA) is 87.3 Å². The number of carbonyl (C=O) groups excluding carboxylic acids is 1. The Kier molecular flexibility index (Phi) is 5.79. The van der Waals surface area contributed by atoms with Gasteiger partial charge in [0.2, 0.25) is 15.9 Å². The van der Waals surface area contributed by atoms with Gasteiger partial charge in [-0.1, -0.05) is 25.8 Å². The molecule has 7 heteroatoms. The van der Waals surface area contributed by atoms with Crippen LogP contribution in [0, 0.1) is 0 Å². The number of anilines is 2. The van der Waals surface area contributed by atoms with Crippen molar-refractivity contribution in [3.63, 3.8) is 0 Å². The van der Waals surface area contributed by atoms with E-state index >= 15 is 0 Å². The van der Waals surface area contributed by atoms with Crippen LogP contribution in [-0.2, 0) is 14.8 Å². The first-order valence-electron chi connectivity index (χ1n) is 7.74. The van der Waals surface area contributed by atoms with E-state index in [9.17, 15) is 13.2 Å². The smallest absolute Gasteiger partial charge is 0.247 e. The van der Waals surface area contributed by atoms with Crippen LogP contribution in [0.25, 0.3) is 0 Å². The molecule has 3 N–H and O–H groups in total. The largest absolute Gasteiger partial charge is 0.381 e. The second-order valence-electron chi connectivity index (χ2n) is 5.59. The van der Waals surface area contributed by atoms with E-state index in [1.807, 2.05) is 0 Å². The molecular formula is C16H23N3O3S. The highest BCUT2D eigenvalue weighted by atomic mass is 32.2. The Bertz CT molecular complexity index is 680. The predicted molar refractivity (Wildman–Crippen MR) is 92.0 cm³/mol. The van der Waals surface area contributed by atoms with E-state index < -0.39 is 10.0 Å². The second kappa shape index (κ2) is 7.61. The molecule has 1 fully saturated rings. The number of rotatable bonds is 6. The highest BCUT2D eigenvalue weighted by Crippen LogP contribution is 2.29. The van der Waals surface area contributed by atoms with Crippen LogP contribution >= 0.6 is 0 Å². The average molecular weight is 337 g/mol. The van der Waals surface area contributed by atoms with Gasteiger partial charge in [0.25, 0.3) is 0 Å². The summed E-state index contributed by atoms with van der Waals surface area (Å²) in [6.45, 7) is 3.43. The molecule has 0 bridgehead atoms. The van der Waals surface area contributed by atoms with Crippen molar-refractivity contribution in [2.75, 3.05) is 17.7 Å². The summed E-state index contributed by atoms with van der Waals surface area (Å²) in [5.74, 6) is -0.379. The lowest BCUT2D eigenvalue weighted by atomic mass is 9.95. The molecule has 1 aromatic carbocycles. The van der Waals surface area contributed by atoms with Gasteiger partial charge in [-0.15, -0.1) is 0 Å². The zero-order chi connectivity index (χ0) is 16.9. The van der Waals surface area contributed by atoms with E-state index in [4.69, 9.17) is 0 Å². The zero-order valence-electron chi connectivity index (χ0n) is 13.3. The van der Waals surface area contributed by atoms with Gasteiger partial charge >= 0.3 is 0 Å². The van der Waals surface area contributed by atoms with Gasteiger partial charge in [-0.25, -0.2) is 13.1 Å². The van der Waals surface area contributed by atoms with Crippen molar-refractivity contribution in [2.24, 2.45) is 0 Å². The second-order valence-corrected chi connectivity index (χ2v) is 7.47. The summed E-state index contributed by atoms with van der Waals surface area (Å²) >= 11 is 0. The maximum Gasteiger partial charge on any atom is 0.247 e. The van der Waals surface area contributed by atoms with Crippen LogP contribution in [0.5, 0.6) is 0 Å². The van der Waals surface area contributed by atoms with Crippen molar-refractivity contribution in [1.29, 1.82) is 0 Å². The molecular weight excluding hydrogens is 314 g/mol.